The molecule has 9 heteroatoms. The van der Waals surface area contributed by atoms with Crippen molar-refractivity contribution in [1.29, 1.82) is 0 Å². The molecule has 2 rings (SSSR count). The predicted octanol–water partition coefficient (Wildman–Crippen LogP) is 3.56. The Bertz CT molecular complexity index is 889. The van der Waals surface area contributed by atoms with Gasteiger partial charge in [0.05, 0.1) is 23.0 Å². The molecule has 0 unspecified atom stereocenters. The standard InChI is InChI=1S/C19H19BrFN3O4/c1-2-28-16-10-12(9-13(20)19(16)27)11-22-24-18(26)8-7-17(25)23-15-6-4-3-5-14(15)21/h3-6,9-11,27H,2,7-8H2,1H3,(H,23,25)(H,24,26)/b22-11+. The number of para-hydroxylation sites is 1. The summed E-state index contributed by atoms with van der Waals surface area (Å²) >= 11 is 3.21. The van der Waals surface area contributed by atoms with Crippen molar-refractivity contribution in [2.45, 2.75) is 19.8 Å². The number of ether oxygens (including phenoxy) is 1. The summed E-state index contributed by atoms with van der Waals surface area (Å²) < 4.78 is 19.2. The highest BCUT2D eigenvalue weighted by atomic mass is 79.9. The average molecular weight is 452 g/mol. The maximum atomic E-state index is 13.5. The lowest BCUT2D eigenvalue weighted by Crippen LogP contribution is -2.21. The highest BCUT2D eigenvalue weighted by Crippen LogP contribution is 2.35. The van der Waals surface area contributed by atoms with Crippen LogP contribution in [-0.2, 0) is 9.59 Å². The number of carbonyl (C=O) groups excluding carboxylic acids is 2. The smallest absolute Gasteiger partial charge is 0.240 e. The van der Waals surface area contributed by atoms with Crippen LogP contribution in [0.3, 0.4) is 0 Å². The van der Waals surface area contributed by atoms with E-state index in [9.17, 15) is 19.1 Å². The van der Waals surface area contributed by atoms with Crippen molar-refractivity contribution in [3.05, 3.63) is 52.3 Å². The Kier molecular flexibility index (Phi) is 7.94. The molecule has 0 saturated heterocycles. The topological polar surface area (TPSA) is 100 Å². The molecule has 2 amide bonds. The highest BCUT2D eigenvalue weighted by Gasteiger charge is 2.10. The fourth-order valence-electron chi connectivity index (χ4n) is 2.17. The van der Waals surface area contributed by atoms with Crippen LogP contribution in [0.5, 0.6) is 11.5 Å². The lowest BCUT2D eigenvalue weighted by atomic mass is 10.2. The molecular formula is C19H19BrFN3O4. The van der Waals surface area contributed by atoms with E-state index in [0.29, 0.717) is 16.6 Å². The van der Waals surface area contributed by atoms with Gasteiger partial charge in [0.15, 0.2) is 11.5 Å². The van der Waals surface area contributed by atoms with Crippen LogP contribution in [0.1, 0.15) is 25.3 Å². The Hall–Kier alpha value is -2.94. The van der Waals surface area contributed by atoms with Gasteiger partial charge in [-0.05, 0) is 52.7 Å². The van der Waals surface area contributed by atoms with Crippen LogP contribution in [0.25, 0.3) is 0 Å². The summed E-state index contributed by atoms with van der Waals surface area (Å²) in [6.07, 6.45) is 1.15. The Morgan fingerprint density at radius 3 is 2.68 bits per heavy atom. The summed E-state index contributed by atoms with van der Waals surface area (Å²) in [7, 11) is 0. The van der Waals surface area contributed by atoms with Crippen molar-refractivity contribution in [3.63, 3.8) is 0 Å². The molecule has 3 N–H and O–H groups in total. The number of amides is 2. The number of benzene rings is 2. The molecule has 0 atom stereocenters. The van der Waals surface area contributed by atoms with Gasteiger partial charge >= 0.3 is 0 Å². The summed E-state index contributed by atoms with van der Waals surface area (Å²) in [4.78, 5) is 23.6. The van der Waals surface area contributed by atoms with Gasteiger partial charge in [0.2, 0.25) is 11.8 Å². The molecular weight excluding hydrogens is 433 g/mol. The zero-order valence-electron chi connectivity index (χ0n) is 15.0. The van der Waals surface area contributed by atoms with E-state index in [0.717, 1.165) is 0 Å². The van der Waals surface area contributed by atoms with Crippen LogP contribution in [-0.4, -0.2) is 29.7 Å². The average Bonchev–Trinajstić information content (AvgIpc) is 2.66. The lowest BCUT2D eigenvalue weighted by molar-refractivity contribution is -0.124. The largest absolute Gasteiger partial charge is 0.503 e. The first kappa shape index (κ1) is 21.4. The van der Waals surface area contributed by atoms with E-state index in [1.54, 1.807) is 25.1 Å². The van der Waals surface area contributed by atoms with Crippen molar-refractivity contribution in [1.82, 2.24) is 5.43 Å². The predicted molar refractivity (Wildman–Crippen MR) is 107 cm³/mol. The molecule has 0 heterocycles. The number of phenolic OH excluding ortho intramolecular Hbond substituents is 1. The van der Waals surface area contributed by atoms with Crippen molar-refractivity contribution in [2.75, 3.05) is 11.9 Å². The molecule has 148 valence electrons. The van der Waals surface area contributed by atoms with E-state index in [1.807, 2.05) is 0 Å². The van der Waals surface area contributed by atoms with Crippen LogP contribution >= 0.6 is 15.9 Å². The number of aromatic hydroxyl groups is 1. The Balaban J connectivity index is 1.83. The van der Waals surface area contributed by atoms with Crippen molar-refractivity contribution in [2.24, 2.45) is 5.10 Å². The molecule has 28 heavy (non-hydrogen) atoms. The van der Waals surface area contributed by atoms with Crippen LogP contribution in [0, 0.1) is 5.82 Å². The molecule has 7 nitrogen and oxygen atoms in total. The number of rotatable bonds is 8. The number of carbonyl (C=O) groups is 2. The normalized spacial score (nSPS) is 10.7. The number of hydrogen-bond acceptors (Lipinski definition) is 5. The van der Waals surface area contributed by atoms with Gasteiger partial charge in [-0.2, -0.15) is 5.10 Å². The highest BCUT2D eigenvalue weighted by molar-refractivity contribution is 9.10. The first-order chi connectivity index (χ1) is 13.4. The van der Waals surface area contributed by atoms with Crippen molar-refractivity contribution < 1.29 is 23.8 Å². The molecule has 0 aliphatic carbocycles. The first-order valence-corrected chi connectivity index (χ1v) is 9.21. The summed E-state index contributed by atoms with van der Waals surface area (Å²) in [5.41, 5.74) is 2.96. The zero-order chi connectivity index (χ0) is 20.5. The second-order valence-electron chi connectivity index (χ2n) is 5.60. The molecule has 0 saturated carbocycles. The van der Waals surface area contributed by atoms with Gasteiger partial charge in [-0.25, -0.2) is 9.82 Å². The quantitative estimate of drug-likeness (QED) is 0.421. The number of halogens is 2. The fourth-order valence-corrected chi connectivity index (χ4v) is 2.63. The first-order valence-electron chi connectivity index (χ1n) is 8.42. The molecule has 0 fully saturated rings. The van der Waals surface area contributed by atoms with Crippen molar-refractivity contribution in [3.8, 4) is 11.5 Å². The second kappa shape index (κ2) is 10.4. The van der Waals surface area contributed by atoms with Gasteiger partial charge in [-0.3, -0.25) is 9.59 Å². The summed E-state index contributed by atoms with van der Waals surface area (Å²) in [6.45, 7) is 2.17. The van der Waals surface area contributed by atoms with E-state index in [2.05, 4.69) is 31.8 Å². The minimum atomic E-state index is -0.545. The van der Waals surface area contributed by atoms with E-state index in [4.69, 9.17) is 4.74 Å². The third-order valence-electron chi connectivity index (χ3n) is 3.48. The van der Waals surface area contributed by atoms with Gasteiger partial charge in [0.25, 0.3) is 0 Å². The monoisotopic (exact) mass is 451 g/mol. The number of phenols is 1. The minimum Gasteiger partial charge on any atom is -0.503 e. The van der Waals surface area contributed by atoms with E-state index in [-0.39, 0.29) is 30.0 Å². The molecule has 0 bridgehead atoms. The lowest BCUT2D eigenvalue weighted by Gasteiger charge is -2.08. The van der Waals surface area contributed by atoms with Gasteiger partial charge in [-0.1, -0.05) is 12.1 Å². The maximum absolute atomic E-state index is 13.5. The molecule has 0 aliphatic rings. The van der Waals surface area contributed by atoms with Gasteiger partial charge < -0.3 is 15.2 Å². The summed E-state index contributed by atoms with van der Waals surface area (Å²) in [5, 5.41) is 16.1. The number of anilines is 1. The number of hydrazone groups is 1. The molecule has 0 aromatic heterocycles. The number of nitrogens with one attached hydrogen (secondary N) is 2. The number of nitrogens with zero attached hydrogens (tertiary/aromatic N) is 1. The van der Waals surface area contributed by atoms with Crippen LogP contribution in [0.4, 0.5) is 10.1 Å². The van der Waals surface area contributed by atoms with E-state index in [1.165, 1.54) is 24.4 Å². The molecule has 2 aromatic carbocycles. The third kappa shape index (κ3) is 6.34. The molecule has 0 spiro atoms. The Morgan fingerprint density at radius 2 is 1.96 bits per heavy atom. The van der Waals surface area contributed by atoms with Crippen LogP contribution in [0.2, 0.25) is 0 Å². The van der Waals surface area contributed by atoms with E-state index < -0.39 is 17.6 Å². The molecule has 0 radical (unpaired) electrons. The van der Waals surface area contributed by atoms with Gasteiger partial charge in [-0.15, -0.1) is 0 Å². The molecule has 0 aliphatic heterocycles. The van der Waals surface area contributed by atoms with Crippen molar-refractivity contribution >= 4 is 39.6 Å². The van der Waals surface area contributed by atoms with Gasteiger partial charge in [0.1, 0.15) is 5.82 Å². The number of hydrogen-bond donors (Lipinski definition) is 3. The fraction of sp³-hybridized carbons (Fsp3) is 0.211. The third-order valence-corrected chi connectivity index (χ3v) is 4.09. The maximum Gasteiger partial charge on any atom is 0.240 e. The second-order valence-corrected chi connectivity index (χ2v) is 6.46. The summed E-state index contributed by atoms with van der Waals surface area (Å²) in [5.74, 6) is -1.23. The SMILES string of the molecule is CCOc1cc(/C=N/NC(=O)CCC(=O)Nc2ccccc2F)cc(Br)c1O. The summed E-state index contributed by atoms with van der Waals surface area (Å²) in [6, 6.07) is 8.95. The Labute approximate surface area is 169 Å². The molecule has 2 aromatic rings. The van der Waals surface area contributed by atoms with Crippen LogP contribution in [0.15, 0.2) is 46.0 Å². The van der Waals surface area contributed by atoms with Crippen LogP contribution < -0.4 is 15.5 Å². The van der Waals surface area contributed by atoms with E-state index >= 15 is 0 Å². The van der Waals surface area contributed by atoms with Gasteiger partial charge in [0, 0.05) is 12.8 Å². The minimum absolute atomic E-state index is 0.0242. The Morgan fingerprint density at radius 1 is 1.25 bits per heavy atom. The zero-order valence-corrected chi connectivity index (χ0v) is 16.6.